The summed E-state index contributed by atoms with van der Waals surface area (Å²) in [5.74, 6) is -0.241. The number of nitrogens with one attached hydrogen (secondary N) is 1. The van der Waals surface area contributed by atoms with E-state index in [9.17, 15) is 4.39 Å². The van der Waals surface area contributed by atoms with Crippen LogP contribution in [0, 0.1) is 5.82 Å². The van der Waals surface area contributed by atoms with Crippen molar-refractivity contribution in [3.8, 4) is 22.5 Å². The number of aromatic amines is 1. The number of hydrogen-bond donors (Lipinski definition) is 1. The lowest BCUT2D eigenvalue weighted by molar-refractivity contribution is 0.130. The summed E-state index contributed by atoms with van der Waals surface area (Å²) in [5, 5.41) is 1.07. The lowest BCUT2D eigenvalue weighted by Gasteiger charge is -2.41. The molecule has 28 heavy (non-hydrogen) atoms. The second-order valence-corrected chi connectivity index (χ2v) is 7.70. The van der Waals surface area contributed by atoms with E-state index >= 15 is 0 Å². The molecule has 3 aromatic heterocycles. The molecule has 0 spiro atoms. The quantitative estimate of drug-likeness (QED) is 0.571. The molecule has 5 rings (SSSR count). The highest BCUT2D eigenvalue weighted by molar-refractivity contribution is 5.95. The Labute approximate surface area is 162 Å². The van der Waals surface area contributed by atoms with Crippen molar-refractivity contribution in [3.63, 3.8) is 0 Å². The molecule has 1 N–H and O–H groups in total. The van der Waals surface area contributed by atoms with E-state index in [1.165, 1.54) is 12.1 Å². The molecule has 142 valence electrons. The minimum Gasteiger partial charge on any atom is -0.346 e. The number of imidazole rings is 1. The Kier molecular flexibility index (Phi) is 4.02. The van der Waals surface area contributed by atoms with Crippen LogP contribution in [0.5, 0.6) is 0 Å². The molecule has 0 radical (unpaired) electrons. The molecule has 0 aliphatic heterocycles. The van der Waals surface area contributed by atoms with Gasteiger partial charge in [0, 0.05) is 41.0 Å². The molecule has 1 aliphatic rings. The van der Waals surface area contributed by atoms with Gasteiger partial charge in [-0.3, -0.25) is 0 Å². The zero-order valence-electron chi connectivity index (χ0n) is 15.9. The number of benzene rings is 1. The number of pyridine rings is 1. The summed E-state index contributed by atoms with van der Waals surface area (Å²) in [6.45, 7) is 0. The topological polar surface area (TPSA) is 49.7 Å². The van der Waals surface area contributed by atoms with Crippen LogP contribution in [0.15, 0.2) is 55.1 Å². The molecule has 4 aromatic rings. The average Bonchev–Trinajstić information content (AvgIpc) is 3.28. The molecule has 1 aromatic carbocycles. The Hall–Kier alpha value is -2.99. The molecule has 1 aliphatic carbocycles. The van der Waals surface area contributed by atoms with E-state index in [4.69, 9.17) is 4.98 Å². The summed E-state index contributed by atoms with van der Waals surface area (Å²) < 4.78 is 15.8. The molecule has 0 saturated heterocycles. The highest BCUT2D eigenvalue weighted by Gasteiger charge is 2.34. The van der Waals surface area contributed by atoms with Gasteiger partial charge in [0.25, 0.3) is 0 Å². The Morgan fingerprint density at radius 1 is 1.07 bits per heavy atom. The van der Waals surface area contributed by atoms with Crippen LogP contribution in [0.2, 0.25) is 0 Å². The average molecular weight is 375 g/mol. The summed E-state index contributed by atoms with van der Waals surface area (Å²) in [4.78, 5) is 14.7. The first kappa shape index (κ1) is 17.1. The second kappa shape index (κ2) is 6.56. The predicted molar refractivity (Wildman–Crippen MR) is 108 cm³/mol. The first-order valence-corrected chi connectivity index (χ1v) is 9.53. The summed E-state index contributed by atoms with van der Waals surface area (Å²) >= 11 is 0. The molecular formula is C22H22FN5. The monoisotopic (exact) mass is 375 g/mol. The first-order chi connectivity index (χ1) is 13.6. The Morgan fingerprint density at radius 2 is 1.86 bits per heavy atom. The summed E-state index contributed by atoms with van der Waals surface area (Å²) in [5.41, 5.74) is 4.81. The van der Waals surface area contributed by atoms with Crippen LogP contribution < -0.4 is 0 Å². The zero-order valence-corrected chi connectivity index (χ0v) is 15.9. The molecule has 0 bridgehead atoms. The predicted octanol–water partition coefficient (Wildman–Crippen LogP) is 4.50. The molecule has 1 fully saturated rings. The number of H-pyrrole nitrogens is 1. The van der Waals surface area contributed by atoms with Gasteiger partial charge in [0.2, 0.25) is 0 Å². The summed E-state index contributed by atoms with van der Waals surface area (Å²) in [7, 11) is 4.26. The number of aromatic nitrogens is 4. The van der Waals surface area contributed by atoms with E-state index in [0.717, 1.165) is 46.4 Å². The number of halogens is 1. The Balaban J connectivity index is 1.67. The second-order valence-electron chi connectivity index (χ2n) is 7.70. The van der Waals surface area contributed by atoms with Crippen molar-refractivity contribution in [1.82, 2.24) is 24.4 Å². The van der Waals surface area contributed by atoms with Crippen molar-refractivity contribution in [2.75, 3.05) is 14.1 Å². The van der Waals surface area contributed by atoms with Gasteiger partial charge >= 0.3 is 0 Å². The van der Waals surface area contributed by atoms with Crippen LogP contribution in [0.3, 0.4) is 0 Å². The van der Waals surface area contributed by atoms with Crippen molar-refractivity contribution in [2.24, 2.45) is 0 Å². The summed E-state index contributed by atoms with van der Waals surface area (Å²) in [6, 6.07) is 11.7. The number of hydrogen-bond acceptors (Lipinski definition) is 3. The van der Waals surface area contributed by atoms with Gasteiger partial charge in [-0.2, -0.15) is 0 Å². The zero-order chi connectivity index (χ0) is 19.3. The third kappa shape index (κ3) is 2.72. The number of nitrogens with zero attached hydrogens (tertiary/aromatic N) is 4. The third-order valence-corrected chi connectivity index (χ3v) is 5.84. The van der Waals surface area contributed by atoms with Gasteiger partial charge in [-0.1, -0.05) is 0 Å². The van der Waals surface area contributed by atoms with Crippen molar-refractivity contribution < 1.29 is 4.39 Å². The molecule has 0 unspecified atom stereocenters. The van der Waals surface area contributed by atoms with Gasteiger partial charge in [-0.05, 0) is 63.3 Å². The fraction of sp³-hybridized carbons (Fsp3) is 0.273. The van der Waals surface area contributed by atoms with Crippen LogP contribution >= 0.6 is 0 Å². The van der Waals surface area contributed by atoms with E-state index in [0.29, 0.717) is 12.1 Å². The van der Waals surface area contributed by atoms with Crippen molar-refractivity contribution in [2.45, 2.75) is 24.9 Å². The highest BCUT2D eigenvalue weighted by atomic mass is 19.1. The van der Waals surface area contributed by atoms with Gasteiger partial charge in [0.1, 0.15) is 11.5 Å². The Bertz CT molecular complexity index is 1120. The third-order valence-electron chi connectivity index (χ3n) is 5.84. The lowest BCUT2D eigenvalue weighted by Crippen LogP contribution is -2.41. The largest absolute Gasteiger partial charge is 0.346 e. The van der Waals surface area contributed by atoms with Crippen molar-refractivity contribution >= 4 is 11.0 Å². The summed E-state index contributed by atoms with van der Waals surface area (Å²) in [6.07, 6.45) is 7.86. The van der Waals surface area contributed by atoms with Crippen LogP contribution in [0.1, 0.15) is 18.9 Å². The maximum Gasteiger partial charge on any atom is 0.137 e. The van der Waals surface area contributed by atoms with E-state index in [1.54, 1.807) is 12.1 Å². The van der Waals surface area contributed by atoms with Gasteiger partial charge in [0.05, 0.1) is 17.7 Å². The highest BCUT2D eigenvalue weighted by Crippen LogP contribution is 2.42. The molecule has 3 heterocycles. The normalized spacial score (nSPS) is 19.3. The molecular weight excluding hydrogens is 353 g/mol. The van der Waals surface area contributed by atoms with Crippen LogP contribution in [-0.4, -0.2) is 44.6 Å². The van der Waals surface area contributed by atoms with Gasteiger partial charge in [0.15, 0.2) is 0 Å². The minimum atomic E-state index is -0.241. The van der Waals surface area contributed by atoms with Gasteiger partial charge in [-0.25, -0.2) is 14.4 Å². The first-order valence-electron chi connectivity index (χ1n) is 9.53. The molecule has 0 atom stereocenters. The van der Waals surface area contributed by atoms with Crippen molar-refractivity contribution in [1.29, 1.82) is 0 Å². The standard InChI is InChI=1S/C22H22FN5/c1-27(2)16-11-17(12-16)28-13-26-20(14-3-5-15(23)6-4-14)21(28)18-7-9-24-22-19(18)8-10-25-22/h3-10,13,16-17H,11-12H2,1-2H3,(H,24,25)/t16-,17-. The number of rotatable bonds is 4. The molecule has 5 nitrogen and oxygen atoms in total. The fourth-order valence-corrected chi connectivity index (χ4v) is 4.10. The van der Waals surface area contributed by atoms with E-state index in [-0.39, 0.29) is 5.82 Å². The lowest BCUT2D eigenvalue weighted by atomic mass is 9.85. The Morgan fingerprint density at radius 3 is 2.61 bits per heavy atom. The van der Waals surface area contributed by atoms with Crippen molar-refractivity contribution in [3.05, 3.63) is 60.9 Å². The van der Waals surface area contributed by atoms with Crippen LogP contribution in [0.25, 0.3) is 33.5 Å². The smallest absolute Gasteiger partial charge is 0.137 e. The molecule has 0 amide bonds. The number of fused-ring (bicyclic) bond motifs is 1. The maximum atomic E-state index is 13.5. The van der Waals surface area contributed by atoms with Crippen LogP contribution in [-0.2, 0) is 0 Å². The molecule has 6 heteroatoms. The minimum absolute atomic E-state index is 0.241. The van der Waals surface area contributed by atoms with E-state index in [1.807, 2.05) is 30.9 Å². The van der Waals surface area contributed by atoms with Crippen LogP contribution in [0.4, 0.5) is 4.39 Å². The molecule has 1 saturated carbocycles. The fourth-order valence-electron chi connectivity index (χ4n) is 4.10. The van der Waals surface area contributed by atoms with E-state index in [2.05, 4.69) is 33.5 Å². The van der Waals surface area contributed by atoms with Gasteiger partial charge < -0.3 is 14.5 Å². The SMILES string of the molecule is CN(C)[C@H]1C[C@H](n2cnc(-c3ccc(F)cc3)c2-c2ccnc3[nH]ccc23)C1. The van der Waals surface area contributed by atoms with Gasteiger partial charge in [-0.15, -0.1) is 0 Å². The maximum absolute atomic E-state index is 13.5. The van der Waals surface area contributed by atoms with E-state index < -0.39 is 0 Å².